The van der Waals surface area contributed by atoms with E-state index in [9.17, 15) is 5.11 Å². The summed E-state index contributed by atoms with van der Waals surface area (Å²) in [7, 11) is 0. The zero-order valence-corrected chi connectivity index (χ0v) is 12.5. The van der Waals surface area contributed by atoms with Gasteiger partial charge in [0.15, 0.2) is 0 Å². The molecule has 1 saturated heterocycles. The molecule has 1 aliphatic heterocycles. The van der Waals surface area contributed by atoms with Crippen LogP contribution in [0.4, 0.5) is 0 Å². The van der Waals surface area contributed by atoms with E-state index >= 15 is 0 Å². The second kappa shape index (κ2) is 8.13. The van der Waals surface area contributed by atoms with Gasteiger partial charge in [-0.25, -0.2) is 0 Å². The van der Waals surface area contributed by atoms with Crippen LogP contribution in [0.1, 0.15) is 52.9 Å². The molecule has 3 heteroatoms. The second-order valence-electron chi connectivity index (χ2n) is 5.88. The van der Waals surface area contributed by atoms with Gasteiger partial charge in [0.25, 0.3) is 0 Å². The van der Waals surface area contributed by atoms with Crippen LogP contribution in [0.25, 0.3) is 0 Å². The molecule has 1 aliphatic rings. The van der Waals surface area contributed by atoms with E-state index in [1.54, 1.807) is 0 Å². The van der Waals surface area contributed by atoms with Gasteiger partial charge in [-0.3, -0.25) is 0 Å². The highest BCUT2D eigenvalue weighted by Gasteiger charge is 2.28. The summed E-state index contributed by atoms with van der Waals surface area (Å²) >= 11 is 0. The fourth-order valence-corrected chi connectivity index (χ4v) is 2.83. The first-order valence-corrected chi connectivity index (χ1v) is 7.79. The van der Waals surface area contributed by atoms with Crippen LogP contribution >= 0.6 is 0 Å². The lowest BCUT2D eigenvalue weighted by molar-refractivity contribution is -0.0135. The third kappa shape index (κ3) is 5.25. The van der Waals surface area contributed by atoms with Crippen LogP contribution in [0, 0.1) is 5.92 Å². The standard InChI is InChI=1S/C15H32N2O/c1-4-9-16-11-14-8-7-10-17(12-14)13-15(18,5-2)6-3/h14,16,18H,4-13H2,1-3H3. The Morgan fingerprint density at radius 2 is 2.00 bits per heavy atom. The summed E-state index contributed by atoms with van der Waals surface area (Å²) in [5.41, 5.74) is -0.473. The molecule has 1 rings (SSSR count). The van der Waals surface area contributed by atoms with Crippen molar-refractivity contribution in [3.63, 3.8) is 0 Å². The minimum absolute atomic E-state index is 0.473. The summed E-state index contributed by atoms with van der Waals surface area (Å²) in [6, 6.07) is 0. The number of aliphatic hydroxyl groups is 1. The van der Waals surface area contributed by atoms with Gasteiger partial charge in [-0.05, 0) is 57.7 Å². The Morgan fingerprint density at radius 3 is 2.61 bits per heavy atom. The number of piperidine rings is 1. The summed E-state index contributed by atoms with van der Waals surface area (Å²) in [4.78, 5) is 2.47. The lowest BCUT2D eigenvalue weighted by atomic mass is 9.93. The third-order valence-corrected chi connectivity index (χ3v) is 4.30. The molecule has 0 radical (unpaired) electrons. The summed E-state index contributed by atoms with van der Waals surface area (Å²) in [5, 5.41) is 14.0. The molecule has 108 valence electrons. The van der Waals surface area contributed by atoms with Gasteiger partial charge in [-0.1, -0.05) is 20.8 Å². The van der Waals surface area contributed by atoms with Crippen molar-refractivity contribution in [2.24, 2.45) is 5.92 Å². The van der Waals surface area contributed by atoms with E-state index in [-0.39, 0.29) is 0 Å². The molecule has 1 heterocycles. The van der Waals surface area contributed by atoms with E-state index in [0.29, 0.717) is 0 Å². The van der Waals surface area contributed by atoms with Gasteiger partial charge in [0, 0.05) is 13.1 Å². The maximum atomic E-state index is 10.4. The predicted molar refractivity (Wildman–Crippen MR) is 77.9 cm³/mol. The largest absolute Gasteiger partial charge is 0.389 e. The van der Waals surface area contributed by atoms with Crippen LogP contribution < -0.4 is 5.32 Å². The van der Waals surface area contributed by atoms with Crippen molar-refractivity contribution < 1.29 is 5.11 Å². The Bertz CT molecular complexity index is 217. The Labute approximate surface area is 113 Å². The van der Waals surface area contributed by atoms with Crippen LogP contribution in [-0.2, 0) is 0 Å². The molecule has 0 aromatic carbocycles. The Balaban J connectivity index is 2.34. The smallest absolute Gasteiger partial charge is 0.0768 e. The molecular formula is C15H32N2O. The third-order valence-electron chi connectivity index (χ3n) is 4.30. The quantitative estimate of drug-likeness (QED) is 0.654. The number of β-amino-alcohol motifs (C(OH)–C–C–N with tert-alkyl or cyclic N) is 1. The van der Waals surface area contributed by atoms with E-state index in [4.69, 9.17) is 0 Å². The van der Waals surface area contributed by atoms with E-state index in [1.807, 2.05) is 0 Å². The molecule has 1 atom stereocenters. The maximum Gasteiger partial charge on any atom is 0.0768 e. The lowest BCUT2D eigenvalue weighted by Gasteiger charge is -2.38. The average molecular weight is 256 g/mol. The Morgan fingerprint density at radius 1 is 1.28 bits per heavy atom. The van der Waals surface area contributed by atoms with Crippen LogP contribution in [-0.4, -0.2) is 48.3 Å². The SMILES string of the molecule is CCCNCC1CCCN(CC(O)(CC)CC)C1. The molecular weight excluding hydrogens is 224 g/mol. The van der Waals surface area contributed by atoms with Crippen molar-refractivity contribution in [2.45, 2.75) is 58.5 Å². The van der Waals surface area contributed by atoms with Gasteiger partial charge in [0.2, 0.25) is 0 Å². The van der Waals surface area contributed by atoms with Crippen molar-refractivity contribution in [2.75, 3.05) is 32.7 Å². The Hall–Kier alpha value is -0.120. The number of nitrogens with one attached hydrogen (secondary N) is 1. The number of hydrogen-bond donors (Lipinski definition) is 2. The van der Waals surface area contributed by atoms with Crippen LogP contribution in [0.15, 0.2) is 0 Å². The van der Waals surface area contributed by atoms with Crippen molar-refractivity contribution in [1.29, 1.82) is 0 Å². The monoisotopic (exact) mass is 256 g/mol. The lowest BCUT2D eigenvalue weighted by Crippen LogP contribution is -2.47. The van der Waals surface area contributed by atoms with Crippen molar-refractivity contribution >= 4 is 0 Å². The molecule has 0 amide bonds. The van der Waals surface area contributed by atoms with Crippen LogP contribution in [0.5, 0.6) is 0 Å². The maximum absolute atomic E-state index is 10.4. The fraction of sp³-hybridized carbons (Fsp3) is 1.00. The molecule has 1 fully saturated rings. The number of hydrogen-bond acceptors (Lipinski definition) is 3. The number of likely N-dealkylation sites (tertiary alicyclic amines) is 1. The molecule has 0 aliphatic carbocycles. The first-order valence-electron chi connectivity index (χ1n) is 7.79. The summed E-state index contributed by atoms with van der Waals surface area (Å²) in [6.45, 7) is 11.8. The summed E-state index contributed by atoms with van der Waals surface area (Å²) in [5.74, 6) is 0.767. The molecule has 0 saturated carbocycles. The highest BCUT2D eigenvalue weighted by molar-refractivity contribution is 4.83. The molecule has 3 nitrogen and oxygen atoms in total. The van der Waals surface area contributed by atoms with E-state index < -0.39 is 5.60 Å². The first-order chi connectivity index (χ1) is 8.63. The minimum Gasteiger partial charge on any atom is -0.389 e. The van der Waals surface area contributed by atoms with Crippen molar-refractivity contribution in [3.8, 4) is 0 Å². The topological polar surface area (TPSA) is 35.5 Å². The first kappa shape index (κ1) is 15.9. The second-order valence-corrected chi connectivity index (χ2v) is 5.88. The van der Waals surface area contributed by atoms with Gasteiger partial charge < -0.3 is 15.3 Å². The van der Waals surface area contributed by atoms with Crippen LogP contribution in [0.3, 0.4) is 0 Å². The summed E-state index contributed by atoms with van der Waals surface area (Å²) < 4.78 is 0. The molecule has 0 bridgehead atoms. The normalized spacial score (nSPS) is 22.3. The van der Waals surface area contributed by atoms with Gasteiger partial charge in [-0.15, -0.1) is 0 Å². The fourth-order valence-electron chi connectivity index (χ4n) is 2.83. The zero-order chi connectivity index (χ0) is 13.4. The molecule has 0 spiro atoms. The molecule has 0 aromatic heterocycles. The van der Waals surface area contributed by atoms with Crippen molar-refractivity contribution in [3.05, 3.63) is 0 Å². The minimum atomic E-state index is -0.473. The summed E-state index contributed by atoms with van der Waals surface area (Å²) in [6.07, 6.45) is 5.55. The van der Waals surface area contributed by atoms with Gasteiger partial charge in [0.05, 0.1) is 5.60 Å². The van der Waals surface area contributed by atoms with Crippen LogP contribution in [0.2, 0.25) is 0 Å². The molecule has 1 unspecified atom stereocenters. The van der Waals surface area contributed by atoms with Gasteiger partial charge in [-0.2, -0.15) is 0 Å². The average Bonchev–Trinajstić information content (AvgIpc) is 2.39. The molecule has 0 aromatic rings. The van der Waals surface area contributed by atoms with Gasteiger partial charge >= 0.3 is 0 Å². The van der Waals surface area contributed by atoms with Gasteiger partial charge in [0.1, 0.15) is 0 Å². The van der Waals surface area contributed by atoms with Crippen molar-refractivity contribution in [1.82, 2.24) is 10.2 Å². The van der Waals surface area contributed by atoms with E-state index in [1.165, 1.54) is 19.3 Å². The van der Waals surface area contributed by atoms with E-state index in [2.05, 4.69) is 31.0 Å². The zero-order valence-electron chi connectivity index (χ0n) is 12.5. The highest BCUT2D eigenvalue weighted by atomic mass is 16.3. The molecule has 18 heavy (non-hydrogen) atoms. The van der Waals surface area contributed by atoms with E-state index in [0.717, 1.165) is 51.5 Å². The highest BCUT2D eigenvalue weighted by Crippen LogP contribution is 2.21. The molecule has 2 N–H and O–H groups in total. The predicted octanol–water partition coefficient (Wildman–Crippen LogP) is 2.25. The Kier molecular flexibility index (Phi) is 7.20. The number of rotatable bonds is 8. The number of nitrogens with zero attached hydrogens (tertiary/aromatic N) is 1.